The van der Waals surface area contributed by atoms with Crippen LogP contribution in [0.5, 0.6) is 0 Å². The monoisotopic (exact) mass is 364 g/mol. The lowest BCUT2D eigenvalue weighted by molar-refractivity contribution is -0.144. The minimum Gasteiger partial charge on any atom is -0.381 e. The number of nitrogens with zero attached hydrogens (tertiary/aromatic N) is 1. The molecule has 1 aromatic carbocycles. The normalized spacial score (nSPS) is 20.9. The number of amides is 1. The van der Waals surface area contributed by atoms with Gasteiger partial charge >= 0.3 is 0 Å². The van der Waals surface area contributed by atoms with Crippen molar-refractivity contribution in [3.05, 3.63) is 35.6 Å². The molecule has 0 aromatic heterocycles. The fraction of sp³-hybridized carbons (Fsp3) is 0.650. The molecule has 0 radical (unpaired) electrons. The molecule has 5 nitrogen and oxygen atoms in total. The van der Waals surface area contributed by atoms with E-state index in [0.717, 1.165) is 24.8 Å². The van der Waals surface area contributed by atoms with E-state index in [0.29, 0.717) is 52.3 Å². The summed E-state index contributed by atoms with van der Waals surface area (Å²) in [6.45, 7) is 3.74. The number of hydrogen-bond donors (Lipinski definition) is 1. The van der Waals surface area contributed by atoms with Crippen LogP contribution < -0.4 is 5.73 Å². The summed E-state index contributed by atoms with van der Waals surface area (Å²) in [5.41, 5.74) is 5.60. The van der Waals surface area contributed by atoms with Crippen LogP contribution in [0.25, 0.3) is 0 Å². The molecule has 3 rings (SSSR count). The topological polar surface area (TPSA) is 64.8 Å². The molecule has 2 aliphatic heterocycles. The zero-order valence-electron chi connectivity index (χ0n) is 15.3. The van der Waals surface area contributed by atoms with E-state index in [4.69, 9.17) is 15.2 Å². The molecule has 2 N–H and O–H groups in total. The van der Waals surface area contributed by atoms with E-state index in [2.05, 4.69) is 0 Å². The van der Waals surface area contributed by atoms with E-state index < -0.39 is 5.41 Å². The van der Waals surface area contributed by atoms with Crippen molar-refractivity contribution in [3.63, 3.8) is 0 Å². The molecule has 0 saturated carbocycles. The van der Waals surface area contributed by atoms with Gasteiger partial charge in [-0.15, -0.1) is 0 Å². The van der Waals surface area contributed by atoms with Crippen LogP contribution in [0.15, 0.2) is 24.3 Å². The number of carbonyl (C=O) groups excluding carboxylic acids is 1. The lowest BCUT2D eigenvalue weighted by atomic mass is 9.72. The second-order valence-electron chi connectivity index (χ2n) is 7.21. The fourth-order valence-corrected chi connectivity index (χ4v) is 3.99. The van der Waals surface area contributed by atoms with Crippen molar-refractivity contribution in [2.75, 3.05) is 39.5 Å². The smallest absolute Gasteiger partial charge is 0.233 e. The third-order valence-corrected chi connectivity index (χ3v) is 5.56. The Hall–Kier alpha value is -1.50. The van der Waals surface area contributed by atoms with Gasteiger partial charge in [0.15, 0.2) is 0 Å². The van der Waals surface area contributed by atoms with Gasteiger partial charge in [-0.3, -0.25) is 4.79 Å². The van der Waals surface area contributed by atoms with E-state index in [1.807, 2.05) is 11.0 Å². The molecule has 2 aliphatic rings. The van der Waals surface area contributed by atoms with E-state index in [1.165, 1.54) is 12.1 Å². The van der Waals surface area contributed by atoms with Gasteiger partial charge in [0.2, 0.25) is 5.91 Å². The first kappa shape index (κ1) is 19.3. The zero-order chi connectivity index (χ0) is 18.4. The maximum Gasteiger partial charge on any atom is 0.233 e. The molecule has 144 valence electrons. The third kappa shape index (κ3) is 4.24. The van der Waals surface area contributed by atoms with Crippen LogP contribution in [0.1, 0.15) is 37.7 Å². The molecule has 0 atom stereocenters. The first-order valence-corrected chi connectivity index (χ1v) is 9.60. The van der Waals surface area contributed by atoms with Gasteiger partial charge in [-0.2, -0.15) is 0 Å². The van der Waals surface area contributed by atoms with Crippen LogP contribution >= 0.6 is 0 Å². The number of likely N-dealkylation sites (tertiary alicyclic amines) is 1. The SMILES string of the molecule is NCCCOC1CCN(C(=O)C2(c3cccc(F)c3)CCOCC2)CC1. The molecule has 2 saturated heterocycles. The quantitative estimate of drug-likeness (QED) is 0.786. The minimum absolute atomic E-state index is 0.104. The number of piperidine rings is 1. The van der Waals surface area contributed by atoms with Crippen LogP contribution in [0, 0.1) is 5.82 Å². The first-order chi connectivity index (χ1) is 12.7. The Morgan fingerprint density at radius 2 is 2.04 bits per heavy atom. The summed E-state index contributed by atoms with van der Waals surface area (Å²) >= 11 is 0. The molecular formula is C20H29FN2O3. The van der Waals surface area contributed by atoms with Gasteiger partial charge in [-0.05, 0) is 56.3 Å². The maximum absolute atomic E-state index is 13.8. The summed E-state index contributed by atoms with van der Waals surface area (Å²) in [5.74, 6) is -0.194. The standard InChI is InChI=1S/C20H29FN2O3/c21-17-4-1-3-16(15-17)20(7-13-25-14-8-20)19(24)23-10-5-18(6-11-23)26-12-2-9-22/h1,3-4,15,18H,2,5-14,22H2. The molecule has 0 unspecified atom stereocenters. The lowest BCUT2D eigenvalue weighted by Gasteiger charge is -2.42. The van der Waals surface area contributed by atoms with Gasteiger partial charge in [0.25, 0.3) is 0 Å². The molecule has 2 fully saturated rings. The Morgan fingerprint density at radius 1 is 1.31 bits per heavy atom. The van der Waals surface area contributed by atoms with Crippen molar-refractivity contribution < 1.29 is 18.7 Å². The average Bonchev–Trinajstić information content (AvgIpc) is 2.69. The van der Waals surface area contributed by atoms with Crippen molar-refractivity contribution in [2.45, 2.75) is 43.6 Å². The first-order valence-electron chi connectivity index (χ1n) is 9.60. The Bertz CT molecular complexity index is 596. The Kier molecular flexibility index (Phi) is 6.62. The number of carbonyl (C=O) groups is 1. The fourth-order valence-electron chi connectivity index (χ4n) is 3.99. The summed E-state index contributed by atoms with van der Waals surface area (Å²) in [6.07, 6.45) is 3.94. The van der Waals surface area contributed by atoms with Gasteiger partial charge in [0.05, 0.1) is 11.5 Å². The molecule has 0 spiro atoms. The number of ether oxygens (including phenoxy) is 2. The molecular weight excluding hydrogens is 335 g/mol. The predicted octanol–water partition coefficient (Wildman–Crippen LogP) is 2.23. The van der Waals surface area contributed by atoms with Gasteiger partial charge in [0, 0.05) is 32.9 Å². The van der Waals surface area contributed by atoms with Crippen LogP contribution in [0.2, 0.25) is 0 Å². The third-order valence-electron chi connectivity index (χ3n) is 5.56. The van der Waals surface area contributed by atoms with Gasteiger partial charge < -0.3 is 20.1 Å². The molecule has 1 aromatic rings. The predicted molar refractivity (Wildman–Crippen MR) is 97.4 cm³/mol. The van der Waals surface area contributed by atoms with Crippen molar-refractivity contribution in [1.29, 1.82) is 0 Å². The number of halogens is 1. The highest BCUT2D eigenvalue weighted by Crippen LogP contribution is 2.37. The van der Waals surface area contributed by atoms with Crippen molar-refractivity contribution in [1.82, 2.24) is 4.90 Å². The van der Waals surface area contributed by atoms with Crippen LogP contribution in [0.4, 0.5) is 4.39 Å². The van der Waals surface area contributed by atoms with Gasteiger partial charge in [0.1, 0.15) is 5.82 Å². The molecule has 1 amide bonds. The van der Waals surface area contributed by atoms with E-state index in [-0.39, 0.29) is 17.8 Å². The summed E-state index contributed by atoms with van der Waals surface area (Å²) in [5, 5.41) is 0. The van der Waals surface area contributed by atoms with Crippen molar-refractivity contribution in [2.24, 2.45) is 5.73 Å². The highest BCUT2D eigenvalue weighted by Gasteiger charge is 2.44. The van der Waals surface area contributed by atoms with E-state index >= 15 is 0 Å². The van der Waals surface area contributed by atoms with Crippen LogP contribution in [-0.2, 0) is 19.7 Å². The number of nitrogens with two attached hydrogens (primary N) is 1. The summed E-state index contributed by atoms with van der Waals surface area (Å²) in [7, 11) is 0. The highest BCUT2D eigenvalue weighted by atomic mass is 19.1. The minimum atomic E-state index is -0.673. The molecule has 0 bridgehead atoms. The summed E-state index contributed by atoms with van der Waals surface area (Å²) < 4.78 is 25.1. The highest BCUT2D eigenvalue weighted by molar-refractivity contribution is 5.88. The summed E-state index contributed by atoms with van der Waals surface area (Å²) in [4.78, 5) is 15.4. The number of rotatable bonds is 6. The van der Waals surface area contributed by atoms with E-state index in [1.54, 1.807) is 6.07 Å². The van der Waals surface area contributed by atoms with Crippen molar-refractivity contribution in [3.8, 4) is 0 Å². The van der Waals surface area contributed by atoms with Crippen molar-refractivity contribution >= 4 is 5.91 Å². The molecule has 0 aliphatic carbocycles. The largest absolute Gasteiger partial charge is 0.381 e. The Morgan fingerprint density at radius 3 is 2.69 bits per heavy atom. The Balaban J connectivity index is 1.69. The Labute approximate surface area is 154 Å². The maximum atomic E-state index is 13.8. The number of benzene rings is 1. The van der Waals surface area contributed by atoms with Gasteiger partial charge in [-0.25, -0.2) is 4.39 Å². The van der Waals surface area contributed by atoms with Crippen LogP contribution in [0.3, 0.4) is 0 Å². The zero-order valence-corrected chi connectivity index (χ0v) is 15.3. The molecule has 2 heterocycles. The van der Waals surface area contributed by atoms with E-state index in [9.17, 15) is 9.18 Å². The second-order valence-corrected chi connectivity index (χ2v) is 7.21. The summed E-state index contributed by atoms with van der Waals surface area (Å²) in [6, 6.07) is 6.48. The number of hydrogen-bond acceptors (Lipinski definition) is 4. The molecule has 6 heteroatoms. The van der Waals surface area contributed by atoms with Gasteiger partial charge in [-0.1, -0.05) is 12.1 Å². The molecule has 26 heavy (non-hydrogen) atoms. The average molecular weight is 364 g/mol. The van der Waals surface area contributed by atoms with Crippen LogP contribution in [-0.4, -0.2) is 56.4 Å². The second kappa shape index (κ2) is 8.93. The lowest BCUT2D eigenvalue weighted by Crippen LogP contribution is -2.52.